The van der Waals surface area contributed by atoms with Crippen LogP contribution in [-0.2, 0) is 9.59 Å². The Labute approximate surface area is 137 Å². The van der Waals surface area contributed by atoms with Gasteiger partial charge < -0.3 is 10.6 Å². The summed E-state index contributed by atoms with van der Waals surface area (Å²) in [6.07, 6.45) is 3.07. The first-order valence-corrected chi connectivity index (χ1v) is 8.17. The average Bonchev–Trinajstić information content (AvgIpc) is 2.91. The van der Waals surface area contributed by atoms with Crippen molar-refractivity contribution < 1.29 is 14.0 Å². The number of nitrogens with two attached hydrogens (primary N) is 1. The van der Waals surface area contributed by atoms with Crippen LogP contribution in [0.25, 0.3) is 6.08 Å². The Kier molecular flexibility index (Phi) is 4.47. The number of amides is 2. The van der Waals surface area contributed by atoms with Crippen molar-refractivity contribution >= 4 is 34.8 Å². The van der Waals surface area contributed by atoms with Gasteiger partial charge in [0.15, 0.2) is 5.17 Å². The molecule has 0 atom stereocenters. The molecule has 1 saturated heterocycles. The zero-order valence-electron chi connectivity index (χ0n) is 12.4. The number of carbonyl (C=O) groups is 2. The summed E-state index contributed by atoms with van der Waals surface area (Å²) in [6, 6.07) is 5.94. The first-order chi connectivity index (χ1) is 11.0. The third-order valence-electron chi connectivity index (χ3n) is 3.94. The number of primary amides is 1. The number of likely N-dealkylation sites (tertiary alicyclic amines) is 1. The standard InChI is InChI=1S/C16H16FN3O2S/c17-12-3-1-10(2-4-12)9-13-15(22)19-16(23-13)20-7-5-11(6-8-20)14(18)21/h1-4,9,11H,5-8H2,(H2,18,21). The van der Waals surface area contributed by atoms with Gasteiger partial charge in [0.05, 0.1) is 4.91 Å². The van der Waals surface area contributed by atoms with Gasteiger partial charge in [0.2, 0.25) is 5.91 Å². The Morgan fingerprint density at radius 2 is 1.96 bits per heavy atom. The van der Waals surface area contributed by atoms with E-state index < -0.39 is 0 Å². The van der Waals surface area contributed by atoms with Crippen LogP contribution in [0.2, 0.25) is 0 Å². The quantitative estimate of drug-likeness (QED) is 0.840. The minimum atomic E-state index is -0.313. The number of hydrogen-bond acceptors (Lipinski definition) is 4. The zero-order chi connectivity index (χ0) is 16.4. The fourth-order valence-corrected chi connectivity index (χ4v) is 3.56. The second kappa shape index (κ2) is 6.54. The van der Waals surface area contributed by atoms with Crippen LogP contribution in [0, 0.1) is 11.7 Å². The van der Waals surface area contributed by atoms with Crippen LogP contribution in [0.4, 0.5) is 4.39 Å². The monoisotopic (exact) mass is 333 g/mol. The van der Waals surface area contributed by atoms with Crippen LogP contribution in [0.15, 0.2) is 34.2 Å². The molecule has 2 N–H and O–H groups in total. The predicted octanol–water partition coefficient (Wildman–Crippen LogP) is 1.99. The molecule has 0 aliphatic carbocycles. The Hall–Kier alpha value is -2.15. The number of piperidine rings is 1. The molecule has 23 heavy (non-hydrogen) atoms. The molecule has 2 aliphatic heterocycles. The van der Waals surface area contributed by atoms with Gasteiger partial charge in [-0.1, -0.05) is 12.1 Å². The van der Waals surface area contributed by atoms with E-state index in [1.165, 1.54) is 23.9 Å². The van der Waals surface area contributed by atoms with Crippen molar-refractivity contribution in [2.75, 3.05) is 13.1 Å². The van der Waals surface area contributed by atoms with Gasteiger partial charge in [-0.3, -0.25) is 9.59 Å². The third-order valence-corrected chi connectivity index (χ3v) is 4.99. The molecule has 5 nitrogen and oxygen atoms in total. The highest BCUT2D eigenvalue weighted by atomic mass is 32.2. The summed E-state index contributed by atoms with van der Waals surface area (Å²) in [7, 11) is 0. The van der Waals surface area contributed by atoms with Gasteiger partial charge in [-0.25, -0.2) is 4.39 Å². The number of hydrogen-bond donors (Lipinski definition) is 1. The molecule has 0 unspecified atom stereocenters. The maximum absolute atomic E-state index is 12.9. The number of aliphatic imine (C=N–C) groups is 1. The van der Waals surface area contributed by atoms with E-state index in [0.29, 0.717) is 36.0 Å². The molecule has 120 valence electrons. The molecule has 2 heterocycles. The summed E-state index contributed by atoms with van der Waals surface area (Å²) in [5.74, 6) is -0.958. The van der Waals surface area contributed by atoms with Gasteiger partial charge in [0.25, 0.3) is 5.91 Å². The van der Waals surface area contributed by atoms with Gasteiger partial charge in [-0.15, -0.1) is 0 Å². The molecular formula is C16H16FN3O2S. The molecule has 1 aromatic rings. The second-order valence-corrected chi connectivity index (χ2v) is 6.53. The van der Waals surface area contributed by atoms with Crippen molar-refractivity contribution in [2.45, 2.75) is 12.8 Å². The topological polar surface area (TPSA) is 75.8 Å². The van der Waals surface area contributed by atoms with Gasteiger partial charge in [0, 0.05) is 19.0 Å². The summed E-state index contributed by atoms with van der Waals surface area (Å²) in [4.78, 5) is 29.8. The molecule has 3 rings (SSSR count). The molecule has 2 aliphatic rings. The summed E-state index contributed by atoms with van der Waals surface area (Å²) >= 11 is 1.31. The van der Waals surface area contributed by atoms with Crippen molar-refractivity contribution in [1.82, 2.24) is 4.90 Å². The third kappa shape index (κ3) is 3.61. The van der Waals surface area contributed by atoms with Gasteiger partial charge in [-0.2, -0.15) is 4.99 Å². The highest BCUT2D eigenvalue weighted by Gasteiger charge is 2.30. The highest BCUT2D eigenvalue weighted by molar-refractivity contribution is 8.18. The Morgan fingerprint density at radius 1 is 1.30 bits per heavy atom. The maximum Gasteiger partial charge on any atom is 0.286 e. The summed E-state index contributed by atoms with van der Waals surface area (Å²) in [5, 5.41) is 0.659. The molecule has 0 aromatic heterocycles. The lowest BCUT2D eigenvalue weighted by atomic mass is 9.97. The fourth-order valence-electron chi connectivity index (χ4n) is 2.60. The largest absolute Gasteiger partial charge is 0.369 e. The smallest absolute Gasteiger partial charge is 0.286 e. The van der Waals surface area contributed by atoms with Crippen molar-refractivity contribution in [3.05, 3.63) is 40.6 Å². The number of benzene rings is 1. The molecule has 1 aromatic carbocycles. The first-order valence-electron chi connectivity index (χ1n) is 7.35. The zero-order valence-corrected chi connectivity index (χ0v) is 13.2. The van der Waals surface area contributed by atoms with Gasteiger partial charge in [-0.05, 0) is 48.4 Å². The number of rotatable bonds is 2. The van der Waals surface area contributed by atoms with E-state index in [1.807, 2.05) is 4.90 Å². The van der Waals surface area contributed by atoms with E-state index in [1.54, 1.807) is 18.2 Å². The van der Waals surface area contributed by atoms with Crippen molar-refractivity contribution in [3.63, 3.8) is 0 Å². The average molecular weight is 333 g/mol. The van der Waals surface area contributed by atoms with E-state index in [9.17, 15) is 14.0 Å². The van der Waals surface area contributed by atoms with Crippen LogP contribution >= 0.6 is 11.8 Å². The molecule has 0 saturated carbocycles. The normalized spacial score (nSPS) is 20.9. The Bertz CT molecular complexity index is 692. The fraction of sp³-hybridized carbons (Fsp3) is 0.312. The number of carbonyl (C=O) groups excluding carboxylic acids is 2. The van der Waals surface area contributed by atoms with Crippen LogP contribution in [0.3, 0.4) is 0 Å². The number of nitrogens with zero attached hydrogens (tertiary/aromatic N) is 2. The second-order valence-electron chi connectivity index (χ2n) is 5.53. The maximum atomic E-state index is 12.9. The van der Waals surface area contributed by atoms with Crippen molar-refractivity contribution in [2.24, 2.45) is 16.6 Å². The van der Waals surface area contributed by atoms with E-state index in [-0.39, 0.29) is 23.5 Å². The van der Waals surface area contributed by atoms with E-state index >= 15 is 0 Å². The van der Waals surface area contributed by atoms with Crippen LogP contribution in [0.5, 0.6) is 0 Å². The molecule has 1 fully saturated rings. The van der Waals surface area contributed by atoms with Crippen molar-refractivity contribution in [1.29, 1.82) is 0 Å². The van der Waals surface area contributed by atoms with Crippen LogP contribution < -0.4 is 5.73 Å². The van der Waals surface area contributed by atoms with E-state index in [4.69, 9.17) is 5.73 Å². The van der Waals surface area contributed by atoms with Gasteiger partial charge >= 0.3 is 0 Å². The van der Waals surface area contributed by atoms with E-state index in [0.717, 1.165) is 5.56 Å². The minimum Gasteiger partial charge on any atom is -0.369 e. The van der Waals surface area contributed by atoms with Crippen LogP contribution in [-0.4, -0.2) is 35.0 Å². The van der Waals surface area contributed by atoms with Crippen LogP contribution in [0.1, 0.15) is 18.4 Å². The molecule has 2 amide bonds. The summed E-state index contributed by atoms with van der Waals surface area (Å²) < 4.78 is 12.9. The van der Waals surface area contributed by atoms with Gasteiger partial charge in [0.1, 0.15) is 5.82 Å². The first kappa shape index (κ1) is 15.7. The molecule has 0 spiro atoms. The molecular weight excluding hydrogens is 317 g/mol. The number of halogens is 1. The Morgan fingerprint density at radius 3 is 2.57 bits per heavy atom. The predicted molar refractivity (Wildman–Crippen MR) is 87.9 cm³/mol. The number of amidine groups is 1. The molecule has 0 radical (unpaired) electrons. The van der Waals surface area contributed by atoms with E-state index in [2.05, 4.69) is 4.99 Å². The highest BCUT2D eigenvalue weighted by Crippen LogP contribution is 2.32. The number of thioether (sulfide) groups is 1. The summed E-state index contributed by atoms with van der Waals surface area (Å²) in [6.45, 7) is 1.33. The lowest BCUT2D eigenvalue weighted by Gasteiger charge is -2.31. The molecule has 7 heteroatoms. The minimum absolute atomic E-state index is 0.0943. The summed E-state index contributed by atoms with van der Waals surface area (Å²) in [5.41, 5.74) is 6.08. The van der Waals surface area contributed by atoms with Crippen molar-refractivity contribution in [3.8, 4) is 0 Å². The molecule has 0 bridgehead atoms. The SMILES string of the molecule is NC(=O)C1CCN(C2=NC(=O)C(=Cc3ccc(F)cc3)S2)CC1. The Balaban J connectivity index is 1.66. The lowest BCUT2D eigenvalue weighted by Crippen LogP contribution is -2.40. The lowest BCUT2D eigenvalue weighted by molar-refractivity contribution is -0.123.